The molecule has 0 radical (unpaired) electrons. The van der Waals surface area contributed by atoms with Gasteiger partial charge in [0.05, 0.1) is 36.7 Å². The Bertz CT molecular complexity index is 554. The second-order valence-electron chi connectivity index (χ2n) is 4.22. The van der Waals surface area contributed by atoms with Gasteiger partial charge in [-0.1, -0.05) is 0 Å². The standard InChI is InChI=1S/C14H18N2O2S/c1-9(13-8-19-10(2)16-13)15-12-7-11(17-3)5-6-14(12)18-4/h5-9,15H,1-4H3. The van der Waals surface area contributed by atoms with Gasteiger partial charge in [0.2, 0.25) is 0 Å². The number of ether oxygens (including phenoxy) is 2. The van der Waals surface area contributed by atoms with Crippen LogP contribution in [0.2, 0.25) is 0 Å². The summed E-state index contributed by atoms with van der Waals surface area (Å²) < 4.78 is 10.6. The highest BCUT2D eigenvalue weighted by atomic mass is 32.1. The SMILES string of the molecule is COc1ccc(OC)c(NC(C)c2csc(C)n2)c1. The Balaban J connectivity index is 2.21. The molecule has 0 saturated carbocycles. The van der Waals surface area contributed by atoms with E-state index in [0.29, 0.717) is 0 Å². The minimum atomic E-state index is 0.117. The number of aromatic nitrogens is 1. The van der Waals surface area contributed by atoms with Gasteiger partial charge >= 0.3 is 0 Å². The molecule has 5 heteroatoms. The third-order valence-corrected chi connectivity index (χ3v) is 3.65. The maximum atomic E-state index is 5.35. The first-order valence-corrected chi connectivity index (χ1v) is 6.92. The summed E-state index contributed by atoms with van der Waals surface area (Å²) in [6.45, 7) is 4.08. The molecular formula is C14H18N2O2S. The molecule has 0 amide bonds. The number of rotatable bonds is 5. The molecule has 0 bridgehead atoms. The van der Waals surface area contributed by atoms with Gasteiger partial charge in [-0.25, -0.2) is 4.98 Å². The van der Waals surface area contributed by atoms with E-state index in [0.717, 1.165) is 27.9 Å². The van der Waals surface area contributed by atoms with E-state index in [-0.39, 0.29) is 6.04 Å². The Morgan fingerprint density at radius 2 is 2.05 bits per heavy atom. The van der Waals surface area contributed by atoms with Crippen molar-refractivity contribution in [2.75, 3.05) is 19.5 Å². The van der Waals surface area contributed by atoms with Crippen LogP contribution in [0.1, 0.15) is 23.7 Å². The van der Waals surface area contributed by atoms with Gasteiger partial charge in [0.15, 0.2) is 0 Å². The Labute approximate surface area is 117 Å². The van der Waals surface area contributed by atoms with Gasteiger partial charge in [-0.05, 0) is 26.0 Å². The first kappa shape index (κ1) is 13.7. The summed E-state index contributed by atoms with van der Waals surface area (Å²) in [5, 5.41) is 6.54. The third-order valence-electron chi connectivity index (χ3n) is 2.86. The predicted octanol–water partition coefficient (Wildman–Crippen LogP) is 3.64. The lowest BCUT2D eigenvalue weighted by Crippen LogP contribution is -2.08. The maximum Gasteiger partial charge on any atom is 0.142 e. The quantitative estimate of drug-likeness (QED) is 0.906. The maximum absolute atomic E-state index is 5.35. The molecule has 2 aromatic rings. The smallest absolute Gasteiger partial charge is 0.142 e. The third kappa shape index (κ3) is 3.17. The largest absolute Gasteiger partial charge is 0.497 e. The number of thiazole rings is 1. The van der Waals surface area contributed by atoms with Crippen molar-refractivity contribution in [3.8, 4) is 11.5 Å². The van der Waals surface area contributed by atoms with Crippen LogP contribution in [-0.4, -0.2) is 19.2 Å². The first-order chi connectivity index (χ1) is 9.13. The average molecular weight is 278 g/mol. The van der Waals surface area contributed by atoms with Gasteiger partial charge in [0, 0.05) is 11.4 Å². The van der Waals surface area contributed by atoms with Crippen molar-refractivity contribution < 1.29 is 9.47 Å². The molecule has 1 atom stereocenters. The van der Waals surface area contributed by atoms with Crippen LogP contribution in [0.5, 0.6) is 11.5 Å². The van der Waals surface area contributed by atoms with Crippen LogP contribution < -0.4 is 14.8 Å². The summed E-state index contributed by atoms with van der Waals surface area (Å²) >= 11 is 1.65. The highest BCUT2D eigenvalue weighted by Crippen LogP contribution is 2.32. The summed E-state index contributed by atoms with van der Waals surface area (Å²) in [4.78, 5) is 4.49. The molecule has 0 spiro atoms. The minimum Gasteiger partial charge on any atom is -0.497 e. The van der Waals surface area contributed by atoms with Gasteiger partial charge in [-0.15, -0.1) is 11.3 Å². The Kier molecular flexibility index (Phi) is 4.27. The lowest BCUT2D eigenvalue weighted by Gasteiger charge is -2.16. The first-order valence-electron chi connectivity index (χ1n) is 6.04. The zero-order valence-corrected chi connectivity index (χ0v) is 12.4. The number of hydrogen-bond donors (Lipinski definition) is 1. The summed E-state index contributed by atoms with van der Waals surface area (Å²) in [5.74, 6) is 1.59. The summed E-state index contributed by atoms with van der Waals surface area (Å²) in [7, 11) is 3.31. The number of methoxy groups -OCH3 is 2. The van der Waals surface area contributed by atoms with Crippen molar-refractivity contribution in [1.82, 2.24) is 4.98 Å². The van der Waals surface area contributed by atoms with E-state index in [2.05, 4.69) is 22.6 Å². The number of anilines is 1. The van der Waals surface area contributed by atoms with E-state index in [9.17, 15) is 0 Å². The molecular weight excluding hydrogens is 260 g/mol. The monoisotopic (exact) mass is 278 g/mol. The molecule has 0 aliphatic rings. The fourth-order valence-electron chi connectivity index (χ4n) is 1.81. The van der Waals surface area contributed by atoms with Crippen molar-refractivity contribution in [2.24, 2.45) is 0 Å². The highest BCUT2D eigenvalue weighted by Gasteiger charge is 2.12. The normalized spacial score (nSPS) is 12.0. The molecule has 1 aromatic carbocycles. The molecule has 0 saturated heterocycles. The van der Waals surface area contributed by atoms with Crippen LogP contribution in [0.4, 0.5) is 5.69 Å². The number of nitrogens with zero attached hydrogens (tertiary/aromatic N) is 1. The topological polar surface area (TPSA) is 43.4 Å². The molecule has 102 valence electrons. The van der Waals surface area contributed by atoms with Crippen molar-refractivity contribution in [1.29, 1.82) is 0 Å². The van der Waals surface area contributed by atoms with E-state index >= 15 is 0 Å². The molecule has 2 rings (SSSR count). The van der Waals surface area contributed by atoms with Gasteiger partial charge < -0.3 is 14.8 Å². The van der Waals surface area contributed by atoms with Crippen molar-refractivity contribution >= 4 is 17.0 Å². The lowest BCUT2D eigenvalue weighted by atomic mass is 10.2. The second-order valence-corrected chi connectivity index (χ2v) is 5.29. The molecule has 1 unspecified atom stereocenters. The van der Waals surface area contributed by atoms with Gasteiger partial charge in [0.25, 0.3) is 0 Å². The van der Waals surface area contributed by atoms with Crippen LogP contribution in [0.3, 0.4) is 0 Å². The number of aryl methyl sites for hydroxylation is 1. The summed E-state index contributed by atoms with van der Waals surface area (Å²) in [6, 6.07) is 5.81. The number of hydrogen-bond acceptors (Lipinski definition) is 5. The summed E-state index contributed by atoms with van der Waals surface area (Å²) in [5.41, 5.74) is 1.94. The minimum absolute atomic E-state index is 0.117. The number of benzene rings is 1. The molecule has 0 fully saturated rings. The van der Waals surface area contributed by atoms with Gasteiger partial charge in [-0.2, -0.15) is 0 Å². The number of nitrogens with one attached hydrogen (secondary N) is 1. The zero-order valence-electron chi connectivity index (χ0n) is 11.6. The van der Waals surface area contributed by atoms with E-state index < -0.39 is 0 Å². The van der Waals surface area contributed by atoms with E-state index in [4.69, 9.17) is 9.47 Å². The predicted molar refractivity (Wildman–Crippen MR) is 78.4 cm³/mol. The van der Waals surface area contributed by atoms with E-state index in [1.54, 1.807) is 25.6 Å². The molecule has 1 aromatic heterocycles. The van der Waals surface area contributed by atoms with Gasteiger partial charge in [-0.3, -0.25) is 0 Å². The van der Waals surface area contributed by atoms with E-state index in [1.807, 2.05) is 25.1 Å². The van der Waals surface area contributed by atoms with Crippen LogP contribution >= 0.6 is 11.3 Å². The van der Waals surface area contributed by atoms with Crippen molar-refractivity contribution in [3.63, 3.8) is 0 Å². The molecule has 1 heterocycles. The van der Waals surface area contributed by atoms with E-state index in [1.165, 1.54) is 0 Å². The summed E-state index contributed by atoms with van der Waals surface area (Å²) in [6.07, 6.45) is 0. The molecule has 0 aliphatic heterocycles. The molecule has 4 nitrogen and oxygen atoms in total. The van der Waals surface area contributed by atoms with Crippen molar-refractivity contribution in [2.45, 2.75) is 19.9 Å². The fourth-order valence-corrected chi connectivity index (χ4v) is 2.52. The molecule has 1 N–H and O–H groups in total. The fraction of sp³-hybridized carbons (Fsp3) is 0.357. The van der Waals surface area contributed by atoms with Crippen molar-refractivity contribution in [3.05, 3.63) is 34.3 Å². The molecule has 19 heavy (non-hydrogen) atoms. The Morgan fingerprint density at radius 3 is 2.63 bits per heavy atom. The van der Waals surface area contributed by atoms with Crippen LogP contribution in [0.25, 0.3) is 0 Å². The van der Waals surface area contributed by atoms with Crippen LogP contribution in [0, 0.1) is 6.92 Å². The second kappa shape index (κ2) is 5.93. The van der Waals surface area contributed by atoms with Gasteiger partial charge in [0.1, 0.15) is 11.5 Å². The highest BCUT2D eigenvalue weighted by molar-refractivity contribution is 7.09. The van der Waals surface area contributed by atoms with Crippen LogP contribution in [-0.2, 0) is 0 Å². The molecule has 0 aliphatic carbocycles. The Hall–Kier alpha value is -1.75. The Morgan fingerprint density at radius 1 is 1.26 bits per heavy atom. The van der Waals surface area contributed by atoms with Crippen LogP contribution in [0.15, 0.2) is 23.6 Å². The zero-order chi connectivity index (χ0) is 13.8. The lowest BCUT2D eigenvalue weighted by molar-refractivity contribution is 0.404. The average Bonchev–Trinajstić information content (AvgIpc) is 2.85.